The molecule has 5 heteroatoms. The third kappa shape index (κ3) is 2.08. The van der Waals surface area contributed by atoms with Gasteiger partial charge in [0.15, 0.2) is 0 Å². The number of allylic oxidation sites excluding steroid dienone is 3. The van der Waals surface area contributed by atoms with Crippen LogP contribution in [0.15, 0.2) is 65.3 Å². The fourth-order valence-corrected chi connectivity index (χ4v) is 2.38. The van der Waals surface area contributed by atoms with E-state index in [1.165, 1.54) is 12.2 Å². The van der Waals surface area contributed by atoms with Gasteiger partial charge < -0.3 is 5.73 Å². The van der Waals surface area contributed by atoms with Crippen LogP contribution < -0.4 is 10.6 Å². The van der Waals surface area contributed by atoms with Gasteiger partial charge in [0.1, 0.15) is 0 Å². The Morgan fingerprint density at radius 1 is 1.00 bits per heavy atom. The zero-order valence-corrected chi connectivity index (χ0v) is 11.1. The number of nitrogens with zero attached hydrogens (tertiary/aromatic N) is 1. The molecule has 21 heavy (non-hydrogen) atoms. The van der Waals surface area contributed by atoms with Crippen LogP contribution in [-0.2, 0) is 14.4 Å². The molecule has 1 aliphatic heterocycles. The van der Waals surface area contributed by atoms with Gasteiger partial charge in [-0.25, -0.2) is 4.90 Å². The van der Waals surface area contributed by atoms with E-state index in [9.17, 15) is 14.4 Å². The summed E-state index contributed by atoms with van der Waals surface area (Å²) in [5.74, 6) is -1.32. The maximum Gasteiger partial charge on any atom is 0.266 e. The number of benzene rings is 1. The first kappa shape index (κ1) is 13.1. The monoisotopic (exact) mass is 280 g/mol. The molecule has 0 radical (unpaired) electrons. The molecule has 3 rings (SSSR count). The Labute approximate surface area is 121 Å². The molecule has 1 fully saturated rings. The quantitative estimate of drug-likeness (QED) is 0.827. The Morgan fingerprint density at radius 3 is 2.33 bits per heavy atom. The number of hydrogen-bond donors (Lipinski definition) is 1. The molecule has 2 aliphatic rings. The van der Waals surface area contributed by atoms with E-state index >= 15 is 0 Å². The van der Waals surface area contributed by atoms with Crippen molar-refractivity contribution in [3.63, 3.8) is 0 Å². The van der Waals surface area contributed by atoms with E-state index in [1.807, 2.05) is 6.07 Å². The van der Waals surface area contributed by atoms with Crippen LogP contribution in [0, 0.1) is 0 Å². The van der Waals surface area contributed by atoms with Crippen molar-refractivity contribution in [3.05, 3.63) is 65.3 Å². The number of carbonyl (C=O) groups is 3. The summed E-state index contributed by atoms with van der Waals surface area (Å²) in [5, 5.41) is 0. The van der Waals surface area contributed by atoms with Gasteiger partial charge in [0.2, 0.25) is 5.91 Å². The van der Waals surface area contributed by atoms with E-state index in [4.69, 9.17) is 5.73 Å². The number of primary amides is 1. The summed E-state index contributed by atoms with van der Waals surface area (Å²) >= 11 is 0. The minimum absolute atomic E-state index is 0.242. The molecular weight excluding hydrogens is 268 g/mol. The number of fused-ring (bicyclic) bond motifs is 1. The number of imide groups is 1. The van der Waals surface area contributed by atoms with Gasteiger partial charge in [-0.05, 0) is 24.6 Å². The van der Waals surface area contributed by atoms with Gasteiger partial charge in [-0.2, -0.15) is 0 Å². The second kappa shape index (κ2) is 4.86. The molecule has 1 aromatic rings. The Morgan fingerprint density at radius 2 is 1.67 bits per heavy atom. The van der Waals surface area contributed by atoms with Crippen LogP contribution in [0.2, 0.25) is 0 Å². The van der Waals surface area contributed by atoms with E-state index in [0.717, 1.165) is 4.90 Å². The fourth-order valence-electron chi connectivity index (χ4n) is 2.38. The minimum Gasteiger partial charge on any atom is -0.366 e. The smallest absolute Gasteiger partial charge is 0.266 e. The molecule has 0 unspecified atom stereocenters. The molecule has 1 aliphatic carbocycles. The Hall–Kier alpha value is -2.95. The zero-order valence-electron chi connectivity index (χ0n) is 11.1. The van der Waals surface area contributed by atoms with Crippen molar-refractivity contribution in [1.29, 1.82) is 0 Å². The molecule has 104 valence electrons. The summed E-state index contributed by atoms with van der Waals surface area (Å²) < 4.78 is 0. The van der Waals surface area contributed by atoms with E-state index in [1.54, 1.807) is 30.3 Å². The van der Waals surface area contributed by atoms with Crippen LogP contribution >= 0.6 is 0 Å². The predicted molar refractivity (Wildman–Crippen MR) is 77.0 cm³/mol. The number of carbonyl (C=O) groups excluding carboxylic acids is 3. The summed E-state index contributed by atoms with van der Waals surface area (Å²) in [6, 6.07) is 8.74. The lowest BCUT2D eigenvalue weighted by Gasteiger charge is -2.12. The SMILES string of the molecule is NC(=O)C1=CC=C2C(=O)N(c3ccccc3)C(=O)C2=CC1. The highest BCUT2D eigenvalue weighted by Crippen LogP contribution is 2.32. The third-order valence-electron chi connectivity index (χ3n) is 3.47. The standard InChI is InChI=1S/C16H12N2O3/c17-14(19)10-6-8-12-13(9-7-10)16(21)18(15(12)20)11-4-2-1-3-5-11/h1-6,8-9H,7H2,(H2,17,19). The molecule has 5 nitrogen and oxygen atoms in total. The van der Waals surface area contributed by atoms with Crippen LogP contribution in [0.25, 0.3) is 0 Å². The van der Waals surface area contributed by atoms with E-state index < -0.39 is 5.91 Å². The first-order valence-corrected chi connectivity index (χ1v) is 6.44. The molecule has 2 N–H and O–H groups in total. The van der Waals surface area contributed by atoms with Crippen LogP contribution in [0.1, 0.15) is 6.42 Å². The topological polar surface area (TPSA) is 80.5 Å². The average molecular weight is 280 g/mol. The van der Waals surface area contributed by atoms with Gasteiger partial charge in [0.25, 0.3) is 11.8 Å². The van der Waals surface area contributed by atoms with Crippen molar-refractivity contribution in [2.45, 2.75) is 6.42 Å². The Balaban J connectivity index is 2.05. The van der Waals surface area contributed by atoms with Gasteiger partial charge in [0.05, 0.1) is 11.3 Å². The Bertz CT molecular complexity index is 742. The van der Waals surface area contributed by atoms with Gasteiger partial charge in [-0.15, -0.1) is 0 Å². The molecule has 0 bridgehead atoms. The summed E-state index contributed by atoms with van der Waals surface area (Å²) in [5.41, 5.74) is 6.74. The van der Waals surface area contributed by atoms with Crippen LogP contribution in [-0.4, -0.2) is 17.7 Å². The number of rotatable bonds is 2. The Kier molecular flexibility index (Phi) is 3.02. The fraction of sp³-hybridized carbons (Fsp3) is 0.0625. The highest BCUT2D eigenvalue weighted by molar-refractivity contribution is 6.37. The normalized spacial score (nSPS) is 17.7. The molecule has 0 spiro atoms. The van der Waals surface area contributed by atoms with Crippen molar-refractivity contribution in [2.24, 2.45) is 5.73 Å². The van der Waals surface area contributed by atoms with Gasteiger partial charge in [0, 0.05) is 11.1 Å². The van der Waals surface area contributed by atoms with E-state index in [0.29, 0.717) is 22.4 Å². The maximum atomic E-state index is 12.4. The molecule has 1 aromatic carbocycles. The molecule has 0 aromatic heterocycles. The molecule has 0 atom stereocenters. The van der Waals surface area contributed by atoms with Crippen molar-refractivity contribution in [2.75, 3.05) is 4.90 Å². The number of anilines is 1. The van der Waals surface area contributed by atoms with Gasteiger partial charge >= 0.3 is 0 Å². The summed E-state index contributed by atoms with van der Waals surface area (Å²) in [6.07, 6.45) is 4.81. The van der Waals surface area contributed by atoms with Crippen molar-refractivity contribution in [3.8, 4) is 0 Å². The second-order valence-corrected chi connectivity index (χ2v) is 4.74. The minimum atomic E-state index is -0.552. The zero-order chi connectivity index (χ0) is 15.0. The second-order valence-electron chi connectivity index (χ2n) is 4.74. The lowest BCUT2D eigenvalue weighted by molar-refractivity contribution is -0.120. The lowest BCUT2D eigenvalue weighted by Crippen LogP contribution is -2.29. The number of amides is 3. The van der Waals surface area contributed by atoms with Crippen molar-refractivity contribution < 1.29 is 14.4 Å². The van der Waals surface area contributed by atoms with Crippen molar-refractivity contribution >= 4 is 23.4 Å². The predicted octanol–water partition coefficient (Wildman–Crippen LogP) is 1.23. The number of hydrogen-bond acceptors (Lipinski definition) is 3. The maximum absolute atomic E-state index is 12.4. The summed E-state index contributed by atoms with van der Waals surface area (Å²) in [6.45, 7) is 0. The molecule has 1 saturated heterocycles. The number of nitrogens with two attached hydrogens (primary N) is 1. The molecule has 3 amide bonds. The third-order valence-corrected chi connectivity index (χ3v) is 3.47. The summed E-state index contributed by atoms with van der Waals surface area (Å²) in [7, 11) is 0. The van der Waals surface area contributed by atoms with E-state index in [-0.39, 0.29) is 18.2 Å². The lowest BCUT2D eigenvalue weighted by atomic mass is 10.1. The largest absolute Gasteiger partial charge is 0.366 e. The number of para-hydroxylation sites is 1. The molecule has 1 heterocycles. The van der Waals surface area contributed by atoms with Gasteiger partial charge in [-0.1, -0.05) is 30.4 Å². The first-order chi connectivity index (χ1) is 10.1. The van der Waals surface area contributed by atoms with Crippen LogP contribution in [0.3, 0.4) is 0 Å². The molecular formula is C16H12N2O3. The van der Waals surface area contributed by atoms with Crippen molar-refractivity contribution in [1.82, 2.24) is 0 Å². The highest BCUT2D eigenvalue weighted by atomic mass is 16.2. The summed E-state index contributed by atoms with van der Waals surface area (Å²) in [4.78, 5) is 37.2. The highest BCUT2D eigenvalue weighted by Gasteiger charge is 2.39. The van der Waals surface area contributed by atoms with Gasteiger partial charge in [-0.3, -0.25) is 14.4 Å². The average Bonchev–Trinajstić information content (AvgIpc) is 2.65. The van der Waals surface area contributed by atoms with E-state index in [2.05, 4.69) is 0 Å². The molecule has 0 saturated carbocycles. The first-order valence-electron chi connectivity index (χ1n) is 6.44. The van der Waals surface area contributed by atoms with Crippen LogP contribution in [0.4, 0.5) is 5.69 Å². The van der Waals surface area contributed by atoms with Crippen LogP contribution in [0.5, 0.6) is 0 Å².